The van der Waals surface area contributed by atoms with Gasteiger partial charge in [0.25, 0.3) is 0 Å². The van der Waals surface area contributed by atoms with Crippen LogP contribution in [0.5, 0.6) is 5.88 Å². The van der Waals surface area contributed by atoms with Crippen LogP contribution in [0.1, 0.15) is 23.2 Å². The Morgan fingerprint density at radius 3 is 2.94 bits per heavy atom. The lowest BCUT2D eigenvalue weighted by atomic mass is 10.1. The number of rotatable bonds is 3. The molecule has 86 valence electrons. The Hall–Kier alpha value is -1.62. The molecule has 5 nitrogen and oxygen atoms in total. The molecule has 1 aliphatic rings. The summed E-state index contributed by atoms with van der Waals surface area (Å²) in [5, 5.41) is 0. The number of ether oxygens (including phenoxy) is 2. The van der Waals surface area contributed by atoms with Crippen molar-refractivity contribution in [1.82, 2.24) is 4.98 Å². The van der Waals surface area contributed by atoms with Gasteiger partial charge in [-0.1, -0.05) is 0 Å². The molecule has 1 amide bonds. The van der Waals surface area contributed by atoms with Gasteiger partial charge in [-0.3, -0.25) is 4.79 Å². The number of pyridine rings is 1. The van der Waals surface area contributed by atoms with Crippen molar-refractivity contribution in [3.05, 3.63) is 23.9 Å². The molecule has 2 rings (SSSR count). The van der Waals surface area contributed by atoms with E-state index in [-0.39, 0.29) is 6.10 Å². The maximum atomic E-state index is 11.0. The van der Waals surface area contributed by atoms with Crippen LogP contribution in [0.25, 0.3) is 0 Å². The molecule has 1 aromatic rings. The van der Waals surface area contributed by atoms with E-state index in [2.05, 4.69) is 4.98 Å². The highest BCUT2D eigenvalue weighted by Gasteiger charge is 2.16. The second-order valence-corrected chi connectivity index (χ2v) is 3.68. The fourth-order valence-corrected chi connectivity index (χ4v) is 1.59. The van der Waals surface area contributed by atoms with Gasteiger partial charge in [-0.05, 0) is 6.07 Å². The lowest BCUT2D eigenvalue weighted by molar-refractivity contribution is 0.0237. The molecule has 0 spiro atoms. The molecule has 16 heavy (non-hydrogen) atoms. The third kappa shape index (κ3) is 2.70. The molecule has 0 aromatic carbocycles. The third-order valence-corrected chi connectivity index (χ3v) is 2.48. The maximum absolute atomic E-state index is 11.0. The summed E-state index contributed by atoms with van der Waals surface area (Å²) in [6.45, 7) is 1.42. The molecule has 2 N–H and O–H groups in total. The minimum atomic E-state index is -0.473. The van der Waals surface area contributed by atoms with Crippen LogP contribution >= 0.6 is 0 Å². The number of amides is 1. The van der Waals surface area contributed by atoms with Gasteiger partial charge in [0.2, 0.25) is 11.8 Å². The number of nitrogens with zero attached hydrogens (tertiary/aromatic N) is 1. The third-order valence-electron chi connectivity index (χ3n) is 2.48. The monoisotopic (exact) mass is 222 g/mol. The van der Waals surface area contributed by atoms with E-state index < -0.39 is 5.91 Å². The lowest BCUT2D eigenvalue weighted by Crippen LogP contribution is -2.26. The summed E-state index contributed by atoms with van der Waals surface area (Å²) >= 11 is 0. The van der Waals surface area contributed by atoms with Gasteiger partial charge in [0.15, 0.2) is 0 Å². The van der Waals surface area contributed by atoms with E-state index in [1.807, 2.05) is 0 Å². The van der Waals surface area contributed by atoms with Gasteiger partial charge in [-0.25, -0.2) is 4.98 Å². The highest BCUT2D eigenvalue weighted by molar-refractivity contribution is 5.92. The highest BCUT2D eigenvalue weighted by Crippen LogP contribution is 2.16. The Morgan fingerprint density at radius 2 is 2.25 bits per heavy atom. The van der Waals surface area contributed by atoms with E-state index in [0.29, 0.717) is 24.7 Å². The van der Waals surface area contributed by atoms with Crippen LogP contribution < -0.4 is 10.5 Å². The molecule has 5 heteroatoms. The number of carbonyl (C=O) groups excluding carboxylic acids is 1. The number of hydrogen-bond acceptors (Lipinski definition) is 4. The van der Waals surface area contributed by atoms with E-state index in [0.717, 1.165) is 12.8 Å². The molecule has 0 radical (unpaired) electrons. The van der Waals surface area contributed by atoms with Gasteiger partial charge in [0.05, 0.1) is 13.2 Å². The number of aromatic nitrogens is 1. The van der Waals surface area contributed by atoms with Gasteiger partial charge >= 0.3 is 0 Å². The van der Waals surface area contributed by atoms with Crippen molar-refractivity contribution in [3.8, 4) is 5.88 Å². The second-order valence-electron chi connectivity index (χ2n) is 3.68. The van der Waals surface area contributed by atoms with E-state index in [9.17, 15) is 4.79 Å². The minimum Gasteiger partial charge on any atom is -0.474 e. The molecule has 0 bridgehead atoms. The largest absolute Gasteiger partial charge is 0.474 e. The first-order chi connectivity index (χ1) is 7.75. The van der Waals surface area contributed by atoms with Gasteiger partial charge in [-0.15, -0.1) is 0 Å². The fraction of sp³-hybridized carbons (Fsp3) is 0.455. The van der Waals surface area contributed by atoms with Crippen molar-refractivity contribution in [1.29, 1.82) is 0 Å². The van der Waals surface area contributed by atoms with E-state index >= 15 is 0 Å². The average molecular weight is 222 g/mol. The Bertz CT molecular complexity index is 375. The number of hydrogen-bond donors (Lipinski definition) is 1. The molecular weight excluding hydrogens is 208 g/mol. The smallest absolute Gasteiger partial charge is 0.248 e. The molecule has 0 aliphatic carbocycles. The topological polar surface area (TPSA) is 74.4 Å². The van der Waals surface area contributed by atoms with Gasteiger partial charge in [0.1, 0.15) is 6.10 Å². The van der Waals surface area contributed by atoms with Crippen molar-refractivity contribution in [2.24, 2.45) is 5.73 Å². The van der Waals surface area contributed by atoms with Crippen LogP contribution in [0.2, 0.25) is 0 Å². The summed E-state index contributed by atoms with van der Waals surface area (Å²) in [5.74, 6) is -0.0255. The summed E-state index contributed by atoms with van der Waals surface area (Å²) in [6, 6.07) is 3.14. The first-order valence-electron chi connectivity index (χ1n) is 5.26. The van der Waals surface area contributed by atoms with E-state index in [4.69, 9.17) is 15.2 Å². The SMILES string of the molecule is NC(=O)c1ccnc(OC2CCOCC2)c1. The molecule has 0 unspecified atom stereocenters. The Morgan fingerprint density at radius 1 is 1.50 bits per heavy atom. The summed E-state index contributed by atoms with van der Waals surface area (Å²) in [5.41, 5.74) is 5.59. The number of nitrogens with two attached hydrogens (primary N) is 1. The zero-order valence-corrected chi connectivity index (χ0v) is 8.89. The molecule has 2 heterocycles. The predicted molar refractivity (Wildman–Crippen MR) is 57.2 cm³/mol. The lowest BCUT2D eigenvalue weighted by Gasteiger charge is -2.22. The summed E-state index contributed by atoms with van der Waals surface area (Å²) in [6.07, 6.45) is 3.34. The molecule has 0 atom stereocenters. The van der Waals surface area contributed by atoms with Crippen LogP contribution in [0.3, 0.4) is 0 Å². The average Bonchev–Trinajstić information content (AvgIpc) is 2.30. The molecule has 1 saturated heterocycles. The first-order valence-corrected chi connectivity index (χ1v) is 5.26. The quantitative estimate of drug-likeness (QED) is 0.818. The summed E-state index contributed by atoms with van der Waals surface area (Å²) in [4.78, 5) is 15.0. The van der Waals surface area contributed by atoms with Crippen molar-refractivity contribution in [2.45, 2.75) is 18.9 Å². The van der Waals surface area contributed by atoms with Gasteiger partial charge in [0, 0.05) is 30.7 Å². The van der Waals surface area contributed by atoms with E-state index in [1.165, 1.54) is 6.20 Å². The van der Waals surface area contributed by atoms with Crippen LogP contribution in [0.4, 0.5) is 0 Å². The summed E-state index contributed by atoms with van der Waals surface area (Å²) < 4.78 is 10.9. The van der Waals surface area contributed by atoms with Crippen LogP contribution in [-0.2, 0) is 4.74 Å². The summed E-state index contributed by atoms with van der Waals surface area (Å²) in [7, 11) is 0. The standard InChI is InChI=1S/C11H14N2O3/c12-11(14)8-1-4-13-10(7-8)16-9-2-5-15-6-3-9/h1,4,7,9H,2-3,5-6H2,(H2,12,14). The van der Waals surface area contributed by atoms with Gasteiger partial charge in [-0.2, -0.15) is 0 Å². The fourth-order valence-electron chi connectivity index (χ4n) is 1.59. The Labute approximate surface area is 93.6 Å². The van der Waals surface area contributed by atoms with Crippen molar-refractivity contribution in [3.63, 3.8) is 0 Å². The Kier molecular flexibility index (Phi) is 3.36. The zero-order chi connectivity index (χ0) is 11.4. The molecule has 1 fully saturated rings. The van der Waals surface area contributed by atoms with Crippen LogP contribution in [0, 0.1) is 0 Å². The molecule has 0 saturated carbocycles. The van der Waals surface area contributed by atoms with Crippen molar-refractivity contribution < 1.29 is 14.3 Å². The van der Waals surface area contributed by atoms with Crippen molar-refractivity contribution >= 4 is 5.91 Å². The van der Waals surface area contributed by atoms with Crippen LogP contribution in [-0.4, -0.2) is 30.2 Å². The van der Waals surface area contributed by atoms with E-state index in [1.54, 1.807) is 12.1 Å². The van der Waals surface area contributed by atoms with Crippen molar-refractivity contribution in [2.75, 3.05) is 13.2 Å². The highest BCUT2D eigenvalue weighted by atomic mass is 16.5. The Balaban J connectivity index is 2.02. The molecule has 1 aliphatic heterocycles. The number of carbonyl (C=O) groups is 1. The first kappa shape index (κ1) is 10.9. The second kappa shape index (κ2) is 4.94. The molecular formula is C11H14N2O3. The maximum Gasteiger partial charge on any atom is 0.248 e. The van der Waals surface area contributed by atoms with Crippen LogP contribution in [0.15, 0.2) is 18.3 Å². The number of primary amides is 1. The van der Waals surface area contributed by atoms with Gasteiger partial charge < -0.3 is 15.2 Å². The molecule has 1 aromatic heterocycles. The zero-order valence-electron chi connectivity index (χ0n) is 8.89. The minimum absolute atomic E-state index is 0.115. The predicted octanol–water partition coefficient (Wildman–Crippen LogP) is 0.738. The normalized spacial score (nSPS) is 17.0.